The van der Waals surface area contributed by atoms with Crippen molar-refractivity contribution in [1.82, 2.24) is 0 Å². The largest absolute Gasteiger partial charge is 0.463 e. The number of esters is 2. The number of hydrogen-bond donors (Lipinski definition) is 1. The first-order chi connectivity index (χ1) is 10.6. The fraction of sp³-hybridized carbons (Fsp3) is 0.529. The SMILES string of the molecule is CC(CCC1OC(=O)c2ccccc21)OC(=O)CCCCO. The highest BCUT2D eigenvalue weighted by molar-refractivity contribution is 5.93. The zero-order chi connectivity index (χ0) is 15.9. The Morgan fingerprint density at radius 1 is 1.36 bits per heavy atom. The van der Waals surface area contributed by atoms with Crippen LogP contribution >= 0.6 is 0 Å². The van der Waals surface area contributed by atoms with Crippen molar-refractivity contribution in [3.63, 3.8) is 0 Å². The van der Waals surface area contributed by atoms with Gasteiger partial charge in [-0.3, -0.25) is 4.79 Å². The van der Waals surface area contributed by atoms with E-state index in [1.54, 1.807) is 6.07 Å². The minimum absolute atomic E-state index is 0.0925. The van der Waals surface area contributed by atoms with Crippen LogP contribution in [0.5, 0.6) is 0 Å². The van der Waals surface area contributed by atoms with Gasteiger partial charge in [-0.1, -0.05) is 18.2 Å². The van der Waals surface area contributed by atoms with Crippen LogP contribution in [0.3, 0.4) is 0 Å². The molecule has 1 heterocycles. The van der Waals surface area contributed by atoms with Crippen LogP contribution < -0.4 is 0 Å². The van der Waals surface area contributed by atoms with Crippen molar-refractivity contribution in [3.05, 3.63) is 35.4 Å². The van der Waals surface area contributed by atoms with Crippen LogP contribution in [0.4, 0.5) is 0 Å². The molecule has 0 amide bonds. The molecule has 2 atom stereocenters. The van der Waals surface area contributed by atoms with Gasteiger partial charge in [0.15, 0.2) is 0 Å². The molecular weight excluding hydrogens is 284 g/mol. The fourth-order valence-electron chi connectivity index (χ4n) is 2.54. The number of aliphatic hydroxyl groups is 1. The van der Waals surface area contributed by atoms with Crippen molar-refractivity contribution in [3.8, 4) is 0 Å². The van der Waals surface area contributed by atoms with Crippen molar-refractivity contribution in [2.45, 2.75) is 51.2 Å². The molecule has 1 aromatic carbocycles. The Morgan fingerprint density at radius 2 is 2.14 bits per heavy atom. The highest BCUT2D eigenvalue weighted by Gasteiger charge is 2.30. The molecule has 1 aliphatic heterocycles. The van der Waals surface area contributed by atoms with E-state index in [2.05, 4.69) is 0 Å². The van der Waals surface area contributed by atoms with E-state index < -0.39 is 0 Å². The molecule has 0 radical (unpaired) electrons. The third-order valence-electron chi connectivity index (χ3n) is 3.73. The molecule has 22 heavy (non-hydrogen) atoms. The van der Waals surface area contributed by atoms with E-state index in [0.29, 0.717) is 37.7 Å². The summed E-state index contributed by atoms with van der Waals surface area (Å²) >= 11 is 0. The third-order valence-corrected chi connectivity index (χ3v) is 3.73. The van der Waals surface area contributed by atoms with Crippen LogP contribution in [0, 0.1) is 0 Å². The Balaban J connectivity index is 1.76. The molecule has 0 saturated carbocycles. The number of rotatable bonds is 8. The molecule has 5 heteroatoms. The van der Waals surface area contributed by atoms with Crippen molar-refractivity contribution in [2.75, 3.05) is 6.61 Å². The van der Waals surface area contributed by atoms with E-state index in [1.165, 1.54) is 0 Å². The van der Waals surface area contributed by atoms with Gasteiger partial charge in [0.1, 0.15) is 6.10 Å². The second kappa shape index (κ2) is 7.94. The molecule has 2 unspecified atom stereocenters. The Kier molecular flexibility index (Phi) is 5.95. The topological polar surface area (TPSA) is 72.8 Å². The van der Waals surface area contributed by atoms with Crippen molar-refractivity contribution < 1.29 is 24.2 Å². The highest BCUT2D eigenvalue weighted by Crippen LogP contribution is 2.34. The first kappa shape index (κ1) is 16.5. The van der Waals surface area contributed by atoms with Gasteiger partial charge in [0.2, 0.25) is 0 Å². The summed E-state index contributed by atoms with van der Waals surface area (Å²) in [7, 11) is 0. The molecule has 0 bridgehead atoms. The molecule has 1 aromatic rings. The molecule has 0 saturated heterocycles. The number of ether oxygens (including phenoxy) is 2. The Morgan fingerprint density at radius 3 is 2.91 bits per heavy atom. The predicted molar refractivity (Wildman–Crippen MR) is 80.3 cm³/mol. The molecule has 0 aromatic heterocycles. The standard InChI is InChI=1S/C17H22O5/c1-12(21-16(19)8-4-5-11-18)9-10-15-13-6-2-3-7-14(13)17(20)22-15/h2-3,6-7,12,15,18H,4-5,8-11H2,1H3. The number of benzene rings is 1. The molecule has 0 aliphatic carbocycles. The Bertz CT molecular complexity index is 526. The van der Waals surface area contributed by atoms with E-state index in [9.17, 15) is 9.59 Å². The lowest BCUT2D eigenvalue weighted by Crippen LogP contribution is -2.16. The van der Waals surface area contributed by atoms with Gasteiger partial charge in [-0.05, 0) is 38.7 Å². The summed E-state index contributed by atoms with van der Waals surface area (Å²) in [4.78, 5) is 23.3. The van der Waals surface area contributed by atoms with E-state index in [1.807, 2.05) is 25.1 Å². The number of carbonyl (C=O) groups excluding carboxylic acids is 2. The van der Waals surface area contributed by atoms with Crippen LogP contribution in [0.1, 0.15) is 61.1 Å². The summed E-state index contributed by atoms with van der Waals surface area (Å²) in [6.45, 7) is 1.93. The minimum Gasteiger partial charge on any atom is -0.463 e. The van der Waals surface area contributed by atoms with Gasteiger partial charge in [0.05, 0.1) is 11.7 Å². The molecule has 0 fully saturated rings. The molecule has 5 nitrogen and oxygen atoms in total. The van der Waals surface area contributed by atoms with Crippen molar-refractivity contribution >= 4 is 11.9 Å². The van der Waals surface area contributed by atoms with E-state index >= 15 is 0 Å². The number of aliphatic hydroxyl groups excluding tert-OH is 1. The quantitative estimate of drug-likeness (QED) is 0.590. The average molecular weight is 306 g/mol. The molecule has 1 N–H and O–H groups in total. The maximum absolute atomic E-state index is 11.7. The monoisotopic (exact) mass is 306 g/mol. The van der Waals surface area contributed by atoms with Crippen LogP contribution in [-0.2, 0) is 14.3 Å². The molecular formula is C17H22O5. The molecule has 2 rings (SSSR count). The number of unbranched alkanes of at least 4 members (excludes halogenated alkanes) is 1. The lowest BCUT2D eigenvalue weighted by atomic mass is 10.0. The zero-order valence-electron chi connectivity index (χ0n) is 12.8. The van der Waals surface area contributed by atoms with E-state index in [-0.39, 0.29) is 30.8 Å². The van der Waals surface area contributed by atoms with E-state index in [4.69, 9.17) is 14.6 Å². The van der Waals surface area contributed by atoms with Gasteiger partial charge in [-0.15, -0.1) is 0 Å². The summed E-state index contributed by atoms with van der Waals surface area (Å²) < 4.78 is 10.7. The molecule has 120 valence electrons. The van der Waals surface area contributed by atoms with Crippen LogP contribution in [0.25, 0.3) is 0 Å². The van der Waals surface area contributed by atoms with Gasteiger partial charge in [0, 0.05) is 18.6 Å². The highest BCUT2D eigenvalue weighted by atomic mass is 16.6. The van der Waals surface area contributed by atoms with Gasteiger partial charge >= 0.3 is 11.9 Å². The van der Waals surface area contributed by atoms with Gasteiger partial charge in [0.25, 0.3) is 0 Å². The summed E-state index contributed by atoms with van der Waals surface area (Å²) in [5, 5.41) is 8.67. The summed E-state index contributed by atoms with van der Waals surface area (Å²) in [6, 6.07) is 7.37. The second-order valence-electron chi connectivity index (χ2n) is 5.54. The maximum atomic E-state index is 11.7. The Hall–Kier alpha value is -1.88. The number of hydrogen-bond acceptors (Lipinski definition) is 5. The van der Waals surface area contributed by atoms with Crippen LogP contribution in [-0.4, -0.2) is 29.8 Å². The second-order valence-corrected chi connectivity index (χ2v) is 5.54. The van der Waals surface area contributed by atoms with Gasteiger partial charge < -0.3 is 14.6 Å². The lowest BCUT2D eigenvalue weighted by Gasteiger charge is -2.16. The number of fused-ring (bicyclic) bond motifs is 1. The third kappa shape index (κ3) is 4.31. The van der Waals surface area contributed by atoms with Gasteiger partial charge in [-0.25, -0.2) is 4.79 Å². The van der Waals surface area contributed by atoms with Crippen molar-refractivity contribution in [2.24, 2.45) is 0 Å². The first-order valence-electron chi connectivity index (χ1n) is 7.72. The summed E-state index contributed by atoms with van der Waals surface area (Å²) in [5.74, 6) is -0.529. The number of cyclic esters (lactones) is 1. The Labute approximate surface area is 130 Å². The fourth-order valence-corrected chi connectivity index (χ4v) is 2.54. The molecule has 0 spiro atoms. The summed E-state index contributed by atoms with van der Waals surface area (Å²) in [5.41, 5.74) is 1.54. The molecule has 1 aliphatic rings. The van der Waals surface area contributed by atoms with Crippen LogP contribution in [0.15, 0.2) is 24.3 Å². The first-order valence-corrected chi connectivity index (χ1v) is 7.72. The smallest absolute Gasteiger partial charge is 0.339 e. The average Bonchev–Trinajstić information content (AvgIpc) is 2.82. The number of carbonyl (C=O) groups is 2. The van der Waals surface area contributed by atoms with E-state index in [0.717, 1.165) is 5.56 Å². The maximum Gasteiger partial charge on any atom is 0.339 e. The lowest BCUT2D eigenvalue weighted by molar-refractivity contribution is -0.148. The van der Waals surface area contributed by atoms with Crippen LogP contribution in [0.2, 0.25) is 0 Å². The van der Waals surface area contributed by atoms with Crippen molar-refractivity contribution in [1.29, 1.82) is 0 Å². The minimum atomic E-state index is -0.283. The van der Waals surface area contributed by atoms with Gasteiger partial charge in [-0.2, -0.15) is 0 Å². The predicted octanol–water partition coefficient (Wildman–Crippen LogP) is 2.77. The normalized spacial score (nSPS) is 17.7. The zero-order valence-corrected chi connectivity index (χ0v) is 12.8. The summed E-state index contributed by atoms with van der Waals surface area (Å²) in [6.07, 6.45) is 2.37.